The number of rotatable bonds is 7. The third-order valence-electron chi connectivity index (χ3n) is 6.35. The first-order valence-corrected chi connectivity index (χ1v) is 11.6. The lowest BCUT2D eigenvalue weighted by Gasteiger charge is -2.16. The highest BCUT2D eigenvalue weighted by molar-refractivity contribution is 6.16. The molecule has 1 aromatic heterocycles. The van der Waals surface area contributed by atoms with Gasteiger partial charge in [-0.15, -0.1) is 0 Å². The summed E-state index contributed by atoms with van der Waals surface area (Å²) in [6.07, 6.45) is 2.28. The average molecular weight is 504 g/mol. The van der Waals surface area contributed by atoms with Crippen molar-refractivity contribution in [1.82, 2.24) is 4.98 Å². The Morgan fingerprint density at radius 2 is 1.54 bits per heavy atom. The minimum atomic E-state index is -1.26. The first kappa shape index (κ1) is 24.2. The molecular formula is C28H23F2N3O4. The van der Waals surface area contributed by atoms with Gasteiger partial charge in [0.25, 0.3) is 0 Å². The van der Waals surface area contributed by atoms with Gasteiger partial charge in [-0.3, -0.25) is 14.6 Å². The first-order chi connectivity index (χ1) is 17.8. The van der Waals surface area contributed by atoms with E-state index < -0.39 is 28.9 Å². The van der Waals surface area contributed by atoms with Crippen LogP contribution in [0.25, 0.3) is 10.9 Å². The lowest BCUT2D eigenvalue weighted by Crippen LogP contribution is -2.35. The number of carbonyl (C=O) groups is 2. The molecule has 0 unspecified atom stereocenters. The fraction of sp³-hybridized carbons (Fsp3) is 0.179. The predicted octanol–water partition coefficient (Wildman–Crippen LogP) is 5.98. The lowest BCUT2D eigenvalue weighted by atomic mass is 10.0. The van der Waals surface area contributed by atoms with E-state index >= 15 is 0 Å². The molecule has 1 saturated carbocycles. The minimum absolute atomic E-state index is 0.0415. The van der Waals surface area contributed by atoms with Gasteiger partial charge < -0.3 is 20.1 Å². The number of hydrogen-bond donors (Lipinski definition) is 2. The summed E-state index contributed by atoms with van der Waals surface area (Å²) in [6.45, 7) is 1.90. The highest BCUT2D eigenvalue weighted by atomic mass is 19.1. The van der Waals surface area contributed by atoms with E-state index in [1.54, 1.807) is 25.4 Å². The van der Waals surface area contributed by atoms with Crippen molar-refractivity contribution >= 4 is 34.1 Å². The number of benzene rings is 3. The standard InChI is InChI=1S/C28H23F2N3O4/c1-16-13-22-20(15-25(16)36-2)23(9-12-31-22)37-24-8-7-19(14-21(24)30)33-27(35)28(10-11-28)26(34)32-18-5-3-17(29)4-6-18/h3-9,12-15H,10-11H2,1-2H3,(H,32,34)(H,33,35). The molecule has 1 aliphatic rings. The number of ether oxygens (including phenoxy) is 2. The summed E-state index contributed by atoms with van der Waals surface area (Å²) in [5.41, 5.74) is 0.897. The molecular weight excluding hydrogens is 480 g/mol. The summed E-state index contributed by atoms with van der Waals surface area (Å²) >= 11 is 0. The molecule has 9 heteroatoms. The number of pyridine rings is 1. The molecule has 3 aromatic carbocycles. The van der Waals surface area contributed by atoms with Crippen LogP contribution in [0.2, 0.25) is 0 Å². The Bertz CT molecular complexity index is 1520. The summed E-state index contributed by atoms with van der Waals surface area (Å²) in [5, 5.41) is 5.92. The number of fused-ring (bicyclic) bond motifs is 1. The van der Waals surface area contributed by atoms with E-state index in [2.05, 4.69) is 15.6 Å². The van der Waals surface area contributed by atoms with Gasteiger partial charge in [0.1, 0.15) is 22.7 Å². The van der Waals surface area contributed by atoms with E-state index in [0.717, 1.165) is 11.6 Å². The molecule has 0 aliphatic heterocycles. The van der Waals surface area contributed by atoms with Gasteiger partial charge in [0, 0.05) is 29.0 Å². The molecule has 1 fully saturated rings. The number of nitrogens with one attached hydrogen (secondary N) is 2. The van der Waals surface area contributed by atoms with Crippen LogP contribution in [-0.4, -0.2) is 23.9 Å². The summed E-state index contributed by atoms with van der Waals surface area (Å²) in [4.78, 5) is 30.0. The van der Waals surface area contributed by atoms with Crippen molar-refractivity contribution in [1.29, 1.82) is 0 Å². The third kappa shape index (κ3) is 4.80. The van der Waals surface area contributed by atoms with E-state index in [1.807, 2.05) is 13.0 Å². The Morgan fingerprint density at radius 3 is 2.19 bits per heavy atom. The Labute approximate surface area is 211 Å². The van der Waals surface area contributed by atoms with Crippen LogP contribution in [0.4, 0.5) is 20.2 Å². The summed E-state index contributed by atoms with van der Waals surface area (Å²) < 4.78 is 39.3. The maximum Gasteiger partial charge on any atom is 0.240 e. The molecule has 5 rings (SSSR count). The second kappa shape index (κ2) is 9.50. The van der Waals surface area contributed by atoms with Gasteiger partial charge in [-0.1, -0.05) is 0 Å². The molecule has 0 radical (unpaired) electrons. The monoisotopic (exact) mass is 503 g/mol. The molecule has 37 heavy (non-hydrogen) atoms. The topological polar surface area (TPSA) is 89.5 Å². The van der Waals surface area contributed by atoms with Crippen LogP contribution >= 0.6 is 0 Å². The van der Waals surface area contributed by atoms with Crippen molar-refractivity contribution in [3.05, 3.63) is 84.1 Å². The number of methoxy groups -OCH3 is 1. The summed E-state index contributed by atoms with van der Waals surface area (Å²) in [5.74, 6) is -1.15. The molecule has 0 atom stereocenters. The van der Waals surface area contributed by atoms with Crippen molar-refractivity contribution in [3.63, 3.8) is 0 Å². The Morgan fingerprint density at radius 1 is 0.865 bits per heavy atom. The van der Waals surface area contributed by atoms with Crippen LogP contribution < -0.4 is 20.1 Å². The fourth-order valence-electron chi connectivity index (χ4n) is 4.06. The molecule has 1 heterocycles. The molecule has 2 amide bonds. The van der Waals surface area contributed by atoms with Crippen molar-refractivity contribution in [2.45, 2.75) is 19.8 Å². The highest BCUT2D eigenvalue weighted by Crippen LogP contribution is 2.47. The average Bonchev–Trinajstić information content (AvgIpc) is 3.69. The number of carbonyl (C=O) groups excluding carboxylic acids is 2. The van der Waals surface area contributed by atoms with Gasteiger partial charge in [0.15, 0.2) is 11.6 Å². The van der Waals surface area contributed by atoms with Crippen molar-refractivity contribution in [2.75, 3.05) is 17.7 Å². The molecule has 1 aliphatic carbocycles. The first-order valence-electron chi connectivity index (χ1n) is 11.6. The minimum Gasteiger partial charge on any atom is -0.496 e. The van der Waals surface area contributed by atoms with E-state index in [9.17, 15) is 18.4 Å². The maximum absolute atomic E-state index is 15.0. The van der Waals surface area contributed by atoms with Gasteiger partial charge >= 0.3 is 0 Å². The Kier molecular flexibility index (Phi) is 6.20. The Hall–Kier alpha value is -4.53. The second-order valence-corrected chi connectivity index (χ2v) is 8.89. The molecule has 7 nitrogen and oxygen atoms in total. The summed E-state index contributed by atoms with van der Waals surface area (Å²) in [6, 6.07) is 14.6. The van der Waals surface area contributed by atoms with E-state index in [4.69, 9.17) is 9.47 Å². The molecule has 4 aromatic rings. The van der Waals surface area contributed by atoms with Gasteiger partial charge in [-0.25, -0.2) is 8.78 Å². The number of aromatic nitrogens is 1. The van der Waals surface area contributed by atoms with Crippen molar-refractivity contribution in [3.8, 4) is 17.2 Å². The van der Waals surface area contributed by atoms with Crippen LogP contribution in [0, 0.1) is 24.0 Å². The maximum atomic E-state index is 15.0. The molecule has 188 valence electrons. The fourth-order valence-corrected chi connectivity index (χ4v) is 4.06. The largest absolute Gasteiger partial charge is 0.496 e. The van der Waals surface area contributed by atoms with E-state index in [-0.39, 0.29) is 11.4 Å². The zero-order valence-corrected chi connectivity index (χ0v) is 20.1. The van der Waals surface area contributed by atoms with Crippen LogP contribution in [0.5, 0.6) is 17.2 Å². The van der Waals surface area contributed by atoms with Crippen LogP contribution in [0.3, 0.4) is 0 Å². The molecule has 2 N–H and O–H groups in total. The number of anilines is 2. The lowest BCUT2D eigenvalue weighted by molar-refractivity contribution is -0.131. The number of nitrogens with zero attached hydrogens (tertiary/aromatic N) is 1. The SMILES string of the molecule is COc1cc2c(Oc3ccc(NC(=O)C4(C(=O)Nc5ccc(F)cc5)CC4)cc3F)ccnc2cc1C. The highest BCUT2D eigenvalue weighted by Gasteiger charge is 2.56. The van der Waals surface area contributed by atoms with Gasteiger partial charge in [0.05, 0.1) is 12.6 Å². The zero-order chi connectivity index (χ0) is 26.2. The third-order valence-corrected chi connectivity index (χ3v) is 6.35. The van der Waals surface area contributed by atoms with Crippen LogP contribution in [-0.2, 0) is 9.59 Å². The molecule has 0 spiro atoms. The predicted molar refractivity (Wildman–Crippen MR) is 135 cm³/mol. The molecule has 0 saturated heterocycles. The van der Waals surface area contributed by atoms with Gasteiger partial charge in [0.2, 0.25) is 11.8 Å². The number of halogens is 2. The van der Waals surface area contributed by atoms with Crippen molar-refractivity contribution < 1.29 is 27.8 Å². The van der Waals surface area contributed by atoms with Crippen molar-refractivity contribution in [2.24, 2.45) is 5.41 Å². The normalized spacial score (nSPS) is 13.6. The second-order valence-electron chi connectivity index (χ2n) is 8.89. The smallest absolute Gasteiger partial charge is 0.240 e. The van der Waals surface area contributed by atoms with Gasteiger partial charge in [-0.05, 0) is 79.9 Å². The zero-order valence-electron chi connectivity index (χ0n) is 20.1. The van der Waals surface area contributed by atoms with E-state index in [1.165, 1.54) is 36.4 Å². The van der Waals surface area contributed by atoms with E-state index in [0.29, 0.717) is 40.9 Å². The van der Waals surface area contributed by atoms with Gasteiger partial charge in [-0.2, -0.15) is 0 Å². The Balaban J connectivity index is 1.30. The summed E-state index contributed by atoms with van der Waals surface area (Å²) in [7, 11) is 1.57. The molecule has 0 bridgehead atoms. The number of amides is 2. The number of hydrogen-bond acceptors (Lipinski definition) is 5. The quantitative estimate of drug-likeness (QED) is 0.303. The van der Waals surface area contributed by atoms with Crippen LogP contribution in [0.15, 0.2) is 66.9 Å². The van der Waals surface area contributed by atoms with Crippen LogP contribution in [0.1, 0.15) is 18.4 Å². The number of aryl methyl sites for hydroxylation is 1.